The van der Waals surface area contributed by atoms with Gasteiger partial charge in [0.05, 0.1) is 5.60 Å². The van der Waals surface area contributed by atoms with E-state index in [1.54, 1.807) is 0 Å². The standard InChI is InChI=1S/C10H18O/c1-4-7-5-10(7,11)8-6-9(8,2)3/h7-8,11H,4-6H2,1-3H3. The number of aliphatic hydroxyl groups is 1. The first kappa shape index (κ1) is 7.60. The Hall–Kier alpha value is -0.0400. The molecule has 0 amide bonds. The first-order valence-corrected chi connectivity index (χ1v) is 4.73. The maximum atomic E-state index is 10.1. The van der Waals surface area contributed by atoms with Gasteiger partial charge in [-0.15, -0.1) is 0 Å². The zero-order valence-corrected chi connectivity index (χ0v) is 7.72. The molecule has 0 spiro atoms. The zero-order valence-electron chi connectivity index (χ0n) is 7.72. The molecule has 2 saturated carbocycles. The van der Waals surface area contributed by atoms with Gasteiger partial charge in [-0.2, -0.15) is 0 Å². The highest BCUT2D eigenvalue weighted by Crippen LogP contribution is 2.67. The maximum absolute atomic E-state index is 10.1. The Morgan fingerprint density at radius 3 is 2.18 bits per heavy atom. The quantitative estimate of drug-likeness (QED) is 0.646. The van der Waals surface area contributed by atoms with Crippen molar-refractivity contribution in [3.05, 3.63) is 0 Å². The van der Waals surface area contributed by atoms with Crippen LogP contribution in [-0.2, 0) is 0 Å². The van der Waals surface area contributed by atoms with Crippen LogP contribution in [0.2, 0.25) is 0 Å². The van der Waals surface area contributed by atoms with Gasteiger partial charge in [-0.1, -0.05) is 27.2 Å². The summed E-state index contributed by atoms with van der Waals surface area (Å²) in [7, 11) is 0. The van der Waals surface area contributed by atoms with Crippen LogP contribution in [-0.4, -0.2) is 10.7 Å². The molecule has 0 saturated heterocycles. The van der Waals surface area contributed by atoms with E-state index in [1.165, 1.54) is 6.42 Å². The van der Waals surface area contributed by atoms with Gasteiger partial charge < -0.3 is 5.11 Å². The Morgan fingerprint density at radius 1 is 1.36 bits per heavy atom. The van der Waals surface area contributed by atoms with Crippen molar-refractivity contribution in [2.24, 2.45) is 17.3 Å². The van der Waals surface area contributed by atoms with E-state index in [4.69, 9.17) is 0 Å². The molecule has 2 aliphatic rings. The molecular formula is C10H18O. The van der Waals surface area contributed by atoms with E-state index in [0.717, 1.165) is 12.8 Å². The lowest BCUT2D eigenvalue weighted by Crippen LogP contribution is -2.17. The van der Waals surface area contributed by atoms with Crippen LogP contribution >= 0.6 is 0 Å². The predicted octanol–water partition coefficient (Wildman–Crippen LogP) is 2.19. The molecule has 1 N–H and O–H groups in total. The number of rotatable bonds is 2. The highest BCUT2D eigenvalue weighted by Gasteiger charge is 2.67. The molecule has 0 radical (unpaired) electrons. The van der Waals surface area contributed by atoms with Gasteiger partial charge in [-0.05, 0) is 30.1 Å². The molecule has 3 unspecified atom stereocenters. The molecule has 2 aliphatic carbocycles. The van der Waals surface area contributed by atoms with Crippen molar-refractivity contribution in [2.45, 2.75) is 45.6 Å². The topological polar surface area (TPSA) is 20.2 Å². The van der Waals surface area contributed by atoms with E-state index in [-0.39, 0.29) is 5.60 Å². The third-order valence-corrected chi connectivity index (χ3v) is 3.73. The van der Waals surface area contributed by atoms with Crippen LogP contribution < -0.4 is 0 Å². The number of hydrogen-bond acceptors (Lipinski definition) is 1. The largest absolute Gasteiger partial charge is 0.389 e. The van der Waals surface area contributed by atoms with E-state index in [9.17, 15) is 5.11 Å². The Balaban J connectivity index is 1.99. The Labute approximate surface area is 68.8 Å². The summed E-state index contributed by atoms with van der Waals surface area (Å²) in [6.07, 6.45) is 3.46. The van der Waals surface area contributed by atoms with Crippen LogP contribution in [0.3, 0.4) is 0 Å². The maximum Gasteiger partial charge on any atom is 0.0713 e. The Kier molecular flexibility index (Phi) is 1.26. The lowest BCUT2D eigenvalue weighted by Gasteiger charge is -2.11. The predicted molar refractivity (Wildman–Crippen MR) is 45.2 cm³/mol. The van der Waals surface area contributed by atoms with Gasteiger partial charge in [0.15, 0.2) is 0 Å². The smallest absolute Gasteiger partial charge is 0.0713 e. The second-order valence-corrected chi connectivity index (χ2v) is 5.05. The van der Waals surface area contributed by atoms with Crippen molar-refractivity contribution in [3.63, 3.8) is 0 Å². The minimum atomic E-state index is -0.238. The molecule has 11 heavy (non-hydrogen) atoms. The van der Waals surface area contributed by atoms with Gasteiger partial charge in [-0.3, -0.25) is 0 Å². The molecule has 0 aromatic rings. The average Bonchev–Trinajstić information content (AvgIpc) is 2.72. The average molecular weight is 154 g/mol. The summed E-state index contributed by atoms with van der Waals surface area (Å²) < 4.78 is 0. The molecule has 0 aromatic carbocycles. The molecule has 3 atom stereocenters. The lowest BCUT2D eigenvalue weighted by molar-refractivity contribution is 0.0925. The summed E-state index contributed by atoms with van der Waals surface area (Å²) in [6.45, 7) is 6.71. The summed E-state index contributed by atoms with van der Waals surface area (Å²) in [5, 5.41) is 10.1. The van der Waals surface area contributed by atoms with Gasteiger partial charge in [0.1, 0.15) is 0 Å². The second-order valence-electron chi connectivity index (χ2n) is 5.05. The molecule has 1 nitrogen and oxygen atoms in total. The fraction of sp³-hybridized carbons (Fsp3) is 1.00. The van der Waals surface area contributed by atoms with E-state index < -0.39 is 0 Å². The van der Waals surface area contributed by atoms with Crippen molar-refractivity contribution in [3.8, 4) is 0 Å². The fourth-order valence-corrected chi connectivity index (χ4v) is 2.58. The van der Waals surface area contributed by atoms with Crippen LogP contribution in [0.25, 0.3) is 0 Å². The summed E-state index contributed by atoms with van der Waals surface area (Å²) >= 11 is 0. The Morgan fingerprint density at radius 2 is 1.91 bits per heavy atom. The van der Waals surface area contributed by atoms with Crippen LogP contribution in [0.5, 0.6) is 0 Å². The van der Waals surface area contributed by atoms with Gasteiger partial charge in [0.2, 0.25) is 0 Å². The fourth-order valence-electron chi connectivity index (χ4n) is 2.58. The van der Waals surface area contributed by atoms with Crippen molar-refractivity contribution >= 4 is 0 Å². The van der Waals surface area contributed by atoms with E-state index in [0.29, 0.717) is 17.3 Å². The minimum absolute atomic E-state index is 0.238. The highest BCUT2D eigenvalue weighted by molar-refractivity contribution is 5.17. The Bertz CT molecular complexity index is 185. The number of hydrogen-bond donors (Lipinski definition) is 1. The first-order chi connectivity index (χ1) is 5.00. The van der Waals surface area contributed by atoms with E-state index in [2.05, 4.69) is 20.8 Å². The molecular weight excluding hydrogens is 136 g/mol. The van der Waals surface area contributed by atoms with Gasteiger partial charge in [0, 0.05) is 0 Å². The van der Waals surface area contributed by atoms with Crippen molar-refractivity contribution < 1.29 is 5.11 Å². The molecule has 0 aliphatic heterocycles. The molecule has 2 fully saturated rings. The van der Waals surface area contributed by atoms with Gasteiger partial charge in [0.25, 0.3) is 0 Å². The molecule has 2 rings (SSSR count). The molecule has 0 heterocycles. The normalized spacial score (nSPS) is 52.4. The molecule has 0 aromatic heterocycles. The highest BCUT2D eigenvalue weighted by atomic mass is 16.3. The van der Waals surface area contributed by atoms with Crippen LogP contribution in [0.15, 0.2) is 0 Å². The van der Waals surface area contributed by atoms with Gasteiger partial charge in [-0.25, -0.2) is 0 Å². The lowest BCUT2D eigenvalue weighted by atomic mass is 10.0. The van der Waals surface area contributed by atoms with Gasteiger partial charge >= 0.3 is 0 Å². The van der Waals surface area contributed by atoms with Crippen molar-refractivity contribution in [1.82, 2.24) is 0 Å². The third-order valence-electron chi connectivity index (χ3n) is 3.73. The van der Waals surface area contributed by atoms with Crippen LogP contribution in [0.1, 0.15) is 40.0 Å². The minimum Gasteiger partial charge on any atom is -0.389 e. The first-order valence-electron chi connectivity index (χ1n) is 4.73. The molecule has 1 heteroatoms. The van der Waals surface area contributed by atoms with Crippen LogP contribution in [0.4, 0.5) is 0 Å². The van der Waals surface area contributed by atoms with Crippen LogP contribution in [0, 0.1) is 17.3 Å². The summed E-state index contributed by atoms with van der Waals surface area (Å²) in [5.41, 5.74) is 0.205. The SMILES string of the molecule is CCC1CC1(O)C1CC1(C)C. The summed E-state index contributed by atoms with van der Waals surface area (Å²) in [4.78, 5) is 0. The zero-order chi connectivity index (χ0) is 8.28. The summed E-state index contributed by atoms with van der Waals surface area (Å²) in [5.74, 6) is 1.23. The third kappa shape index (κ3) is 0.936. The molecule has 64 valence electrons. The second kappa shape index (κ2) is 1.82. The summed E-state index contributed by atoms with van der Waals surface area (Å²) in [6, 6.07) is 0. The van der Waals surface area contributed by atoms with Crippen molar-refractivity contribution in [1.29, 1.82) is 0 Å². The van der Waals surface area contributed by atoms with Crippen molar-refractivity contribution in [2.75, 3.05) is 0 Å². The monoisotopic (exact) mass is 154 g/mol. The van der Waals surface area contributed by atoms with E-state index in [1.807, 2.05) is 0 Å². The molecule has 0 bridgehead atoms. The van der Waals surface area contributed by atoms with E-state index >= 15 is 0 Å².